The Kier molecular flexibility index (Phi) is 4.34. The summed E-state index contributed by atoms with van der Waals surface area (Å²) in [5.74, 6) is -1.04. The summed E-state index contributed by atoms with van der Waals surface area (Å²) in [6, 6.07) is 10.1. The lowest BCUT2D eigenvalue weighted by molar-refractivity contribution is -0.0498. The number of phenolic OH excluding ortho intramolecular Hbond substituents is 1. The molecule has 2 N–H and O–H groups in total. The van der Waals surface area contributed by atoms with Crippen LogP contribution in [0, 0.1) is 5.82 Å². The first-order valence-electron chi connectivity index (χ1n) is 5.81. The van der Waals surface area contributed by atoms with Crippen LogP contribution in [-0.4, -0.2) is 11.7 Å². The first-order valence-corrected chi connectivity index (χ1v) is 5.81. The van der Waals surface area contributed by atoms with Crippen molar-refractivity contribution in [3.05, 3.63) is 53.8 Å². The van der Waals surface area contributed by atoms with E-state index in [1.54, 1.807) is 12.1 Å². The highest BCUT2D eigenvalue weighted by Crippen LogP contribution is 2.20. The summed E-state index contributed by atoms with van der Waals surface area (Å²) in [7, 11) is 0. The predicted molar refractivity (Wildman–Crippen MR) is 68.5 cm³/mol. The number of halogens is 3. The van der Waals surface area contributed by atoms with Crippen LogP contribution in [0.4, 0.5) is 18.9 Å². The molecule has 106 valence electrons. The van der Waals surface area contributed by atoms with Crippen molar-refractivity contribution in [2.24, 2.45) is 0 Å². The minimum Gasteiger partial charge on any atom is -0.505 e. The van der Waals surface area contributed by atoms with Crippen LogP contribution in [0.5, 0.6) is 11.5 Å². The molecular formula is C14H12F3NO2. The monoisotopic (exact) mass is 283 g/mol. The Bertz CT molecular complexity index is 573. The third-order valence-corrected chi connectivity index (χ3v) is 2.59. The number of phenols is 1. The number of anilines is 1. The Hall–Kier alpha value is -2.37. The largest absolute Gasteiger partial charge is 0.505 e. The van der Waals surface area contributed by atoms with Crippen LogP contribution in [0.15, 0.2) is 42.5 Å². The van der Waals surface area contributed by atoms with E-state index < -0.39 is 18.2 Å². The standard InChI is InChI=1S/C14H12F3NO2/c15-12-7-10(3-6-13(12)19)18-8-9-1-4-11(5-2-9)20-14(16)17/h1-7,14,18-19H,8H2. The van der Waals surface area contributed by atoms with Gasteiger partial charge in [-0.1, -0.05) is 12.1 Å². The average molecular weight is 283 g/mol. The van der Waals surface area contributed by atoms with Crippen LogP contribution in [0.25, 0.3) is 0 Å². The molecule has 0 unspecified atom stereocenters. The summed E-state index contributed by atoms with van der Waals surface area (Å²) in [5, 5.41) is 12.0. The molecule has 0 aromatic heterocycles. The number of ether oxygens (including phenoxy) is 1. The summed E-state index contributed by atoms with van der Waals surface area (Å²) >= 11 is 0. The van der Waals surface area contributed by atoms with E-state index in [0.717, 1.165) is 5.56 Å². The zero-order valence-electron chi connectivity index (χ0n) is 10.3. The van der Waals surface area contributed by atoms with Gasteiger partial charge in [0, 0.05) is 18.3 Å². The molecule has 0 bridgehead atoms. The Morgan fingerprint density at radius 2 is 1.80 bits per heavy atom. The van der Waals surface area contributed by atoms with E-state index in [-0.39, 0.29) is 5.75 Å². The van der Waals surface area contributed by atoms with Crippen LogP contribution < -0.4 is 10.1 Å². The number of aromatic hydroxyl groups is 1. The molecule has 2 aromatic rings. The molecule has 0 aliphatic heterocycles. The molecule has 0 aliphatic carbocycles. The molecule has 0 fully saturated rings. The van der Waals surface area contributed by atoms with Crippen LogP contribution in [0.2, 0.25) is 0 Å². The molecule has 0 saturated carbocycles. The van der Waals surface area contributed by atoms with E-state index in [0.29, 0.717) is 12.2 Å². The first kappa shape index (κ1) is 14.0. The van der Waals surface area contributed by atoms with Gasteiger partial charge in [-0.15, -0.1) is 0 Å². The number of benzene rings is 2. The van der Waals surface area contributed by atoms with Crippen molar-refractivity contribution in [3.8, 4) is 11.5 Å². The van der Waals surface area contributed by atoms with Gasteiger partial charge in [0.1, 0.15) is 5.75 Å². The van der Waals surface area contributed by atoms with Crippen molar-refractivity contribution in [2.45, 2.75) is 13.2 Å². The fourth-order valence-electron chi connectivity index (χ4n) is 1.61. The molecule has 0 radical (unpaired) electrons. The van der Waals surface area contributed by atoms with Gasteiger partial charge in [0.05, 0.1) is 0 Å². The molecule has 2 aromatic carbocycles. The summed E-state index contributed by atoms with van der Waals surface area (Å²) in [6.07, 6.45) is 0. The number of rotatable bonds is 5. The maximum atomic E-state index is 13.1. The summed E-state index contributed by atoms with van der Waals surface area (Å²) in [6.45, 7) is -2.46. The normalized spacial score (nSPS) is 10.6. The molecule has 0 aliphatic rings. The third-order valence-electron chi connectivity index (χ3n) is 2.59. The quantitative estimate of drug-likeness (QED) is 0.821. The van der Waals surface area contributed by atoms with E-state index in [1.165, 1.54) is 30.3 Å². The summed E-state index contributed by atoms with van der Waals surface area (Å²) in [5.41, 5.74) is 1.33. The smallest absolute Gasteiger partial charge is 0.387 e. The van der Waals surface area contributed by atoms with E-state index in [4.69, 9.17) is 5.11 Å². The highest BCUT2D eigenvalue weighted by Gasteiger charge is 2.04. The maximum absolute atomic E-state index is 13.1. The zero-order valence-corrected chi connectivity index (χ0v) is 10.3. The Morgan fingerprint density at radius 3 is 2.40 bits per heavy atom. The van der Waals surface area contributed by atoms with Crippen LogP contribution >= 0.6 is 0 Å². The predicted octanol–water partition coefficient (Wildman–Crippen LogP) is 3.74. The zero-order chi connectivity index (χ0) is 14.5. The Balaban J connectivity index is 1.95. The van der Waals surface area contributed by atoms with Gasteiger partial charge in [-0.2, -0.15) is 8.78 Å². The SMILES string of the molecule is Oc1ccc(NCc2ccc(OC(F)F)cc2)cc1F. The maximum Gasteiger partial charge on any atom is 0.387 e. The molecule has 20 heavy (non-hydrogen) atoms. The molecule has 0 spiro atoms. The van der Waals surface area contributed by atoms with Gasteiger partial charge in [0.2, 0.25) is 0 Å². The minimum absolute atomic E-state index is 0.0828. The van der Waals surface area contributed by atoms with Crippen molar-refractivity contribution >= 4 is 5.69 Å². The van der Waals surface area contributed by atoms with Crippen LogP contribution in [0.1, 0.15) is 5.56 Å². The second kappa shape index (κ2) is 6.18. The molecule has 0 saturated heterocycles. The molecule has 0 atom stereocenters. The summed E-state index contributed by atoms with van der Waals surface area (Å²) in [4.78, 5) is 0. The number of hydrogen-bond donors (Lipinski definition) is 2. The van der Waals surface area contributed by atoms with Crippen molar-refractivity contribution in [2.75, 3.05) is 5.32 Å². The molecule has 0 heterocycles. The molecule has 3 nitrogen and oxygen atoms in total. The minimum atomic E-state index is -2.85. The second-order valence-electron chi connectivity index (χ2n) is 4.04. The average Bonchev–Trinajstić information content (AvgIpc) is 2.41. The van der Waals surface area contributed by atoms with E-state index in [9.17, 15) is 13.2 Å². The van der Waals surface area contributed by atoms with Gasteiger partial charge in [-0.25, -0.2) is 4.39 Å². The Labute approximate surface area is 113 Å². The van der Waals surface area contributed by atoms with Gasteiger partial charge in [-0.3, -0.25) is 0 Å². The van der Waals surface area contributed by atoms with Gasteiger partial charge in [0.25, 0.3) is 0 Å². The lowest BCUT2D eigenvalue weighted by Gasteiger charge is -2.08. The third kappa shape index (κ3) is 3.81. The van der Waals surface area contributed by atoms with Gasteiger partial charge < -0.3 is 15.2 Å². The van der Waals surface area contributed by atoms with Crippen LogP contribution in [0.3, 0.4) is 0 Å². The van der Waals surface area contributed by atoms with E-state index in [2.05, 4.69) is 10.1 Å². The number of hydrogen-bond acceptors (Lipinski definition) is 3. The topological polar surface area (TPSA) is 41.5 Å². The van der Waals surface area contributed by atoms with Crippen molar-refractivity contribution in [1.29, 1.82) is 0 Å². The van der Waals surface area contributed by atoms with Gasteiger partial charge in [0.15, 0.2) is 11.6 Å². The fourth-order valence-corrected chi connectivity index (χ4v) is 1.61. The summed E-state index contributed by atoms with van der Waals surface area (Å²) < 4.78 is 41.3. The van der Waals surface area contributed by atoms with Crippen molar-refractivity contribution < 1.29 is 23.0 Å². The van der Waals surface area contributed by atoms with Crippen LogP contribution in [-0.2, 0) is 6.54 Å². The lowest BCUT2D eigenvalue weighted by atomic mass is 10.2. The van der Waals surface area contributed by atoms with E-state index in [1.807, 2.05) is 0 Å². The first-order chi connectivity index (χ1) is 9.54. The number of nitrogens with one attached hydrogen (secondary N) is 1. The molecule has 0 amide bonds. The Morgan fingerprint density at radius 1 is 1.10 bits per heavy atom. The van der Waals surface area contributed by atoms with Crippen molar-refractivity contribution in [1.82, 2.24) is 0 Å². The second-order valence-corrected chi connectivity index (χ2v) is 4.04. The molecule has 2 rings (SSSR count). The highest BCUT2D eigenvalue weighted by molar-refractivity contribution is 5.47. The van der Waals surface area contributed by atoms with Gasteiger partial charge >= 0.3 is 6.61 Å². The number of alkyl halides is 2. The lowest BCUT2D eigenvalue weighted by Crippen LogP contribution is -2.03. The fraction of sp³-hybridized carbons (Fsp3) is 0.143. The molecule has 6 heteroatoms. The molecular weight excluding hydrogens is 271 g/mol. The van der Waals surface area contributed by atoms with E-state index >= 15 is 0 Å². The highest BCUT2D eigenvalue weighted by atomic mass is 19.3. The van der Waals surface area contributed by atoms with Crippen molar-refractivity contribution in [3.63, 3.8) is 0 Å². The van der Waals surface area contributed by atoms with Gasteiger partial charge in [-0.05, 0) is 29.8 Å².